The summed E-state index contributed by atoms with van der Waals surface area (Å²) >= 11 is 0. The molecule has 6 heteroatoms. The highest BCUT2D eigenvalue weighted by molar-refractivity contribution is 5.80. The van der Waals surface area contributed by atoms with Crippen molar-refractivity contribution in [2.24, 2.45) is 4.99 Å². The molecule has 0 unspecified atom stereocenters. The van der Waals surface area contributed by atoms with Crippen LogP contribution < -0.4 is 10.2 Å². The van der Waals surface area contributed by atoms with E-state index in [0.717, 1.165) is 57.4 Å². The summed E-state index contributed by atoms with van der Waals surface area (Å²) in [6.45, 7) is 7.67. The smallest absolute Gasteiger partial charge is 0.194 e. The first kappa shape index (κ1) is 21.0. The molecule has 1 aliphatic heterocycles. The summed E-state index contributed by atoms with van der Waals surface area (Å²) in [5.74, 6) is 1.25. The molecule has 0 amide bonds. The third-order valence-electron chi connectivity index (χ3n) is 5.17. The molecule has 2 aromatic carbocycles. The number of aromatic hydroxyl groups is 1. The van der Waals surface area contributed by atoms with E-state index in [0.29, 0.717) is 12.4 Å². The molecule has 0 aliphatic carbocycles. The molecule has 0 bridgehead atoms. The summed E-state index contributed by atoms with van der Waals surface area (Å²) in [4.78, 5) is 8.97. The highest BCUT2D eigenvalue weighted by atomic mass is 16.5. The zero-order chi connectivity index (χ0) is 20.5. The van der Waals surface area contributed by atoms with E-state index in [4.69, 9.17) is 4.74 Å². The Morgan fingerprint density at radius 1 is 1.03 bits per heavy atom. The number of aliphatic imine (C=N–C) groups is 1. The molecule has 29 heavy (non-hydrogen) atoms. The molecule has 0 atom stereocenters. The third kappa shape index (κ3) is 5.64. The van der Waals surface area contributed by atoms with E-state index in [1.54, 1.807) is 6.07 Å². The molecule has 1 aliphatic rings. The van der Waals surface area contributed by atoms with E-state index in [1.165, 1.54) is 11.1 Å². The number of benzene rings is 2. The lowest BCUT2D eigenvalue weighted by atomic mass is 10.1. The normalized spacial score (nSPS) is 14.9. The first-order chi connectivity index (χ1) is 14.2. The number of piperazine rings is 1. The molecule has 1 saturated heterocycles. The Labute approximate surface area is 173 Å². The lowest BCUT2D eigenvalue weighted by molar-refractivity contribution is 0.121. The Hall–Kier alpha value is -2.73. The van der Waals surface area contributed by atoms with Gasteiger partial charge in [-0.3, -0.25) is 4.99 Å². The standard InChI is InChI=1S/C23H32N4O2/c1-3-16-29-18-20-9-5-4-8-19(20)17-25-23(24-2)27-14-12-26(13-15-27)21-10-6-7-11-22(21)28/h4-11,28H,3,12-18H2,1-2H3,(H,24,25). The van der Waals surface area contributed by atoms with Gasteiger partial charge in [0.15, 0.2) is 5.96 Å². The maximum atomic E-state index is 10.1. The van der Waals surface area contributed by atoms with Crippen LogP contribution in [0, 0.1) is 0 Å². The number of nitrogens with zero attached hydrogens (tertiary/aromatic N) is 3. The van der Waals surface area contributed by atoms with Crippen molar-refractivity contribution < 1.29 is 9.84 Å². The number of phenolic OH excluding ortho intramolecular Hbond substituents is 1. The van der Waals surface area contributed by atoms with E-state index in [1.807, 2.05) is 25.2 Å². The van der Waals surface area contributed by atoms with E-state index in [-0.39, 0.29) is 0 Å². The lowest BCUT2D eigenvalue weighted by Crippen LogP contribution is -2.52. The van der Waals surface area contributed by atoms with Crippen LogP contribution in [0.1, 0.15) is 24.5 Å². The fraction of sp³-hybridized carbons (Fsp3) is 0.435. The van der Waals surface area contributed by atoms with Crippen molar-refractivity contribution in [3.8, 4) is 5.75 Å². The number of anilines is 1. The van der Waals surface area contributed by atoms with Gasteiger partial charge in [0.25, 0.3) is 0 Å². The maximum Gasteiger partial charge on any atom is 0.194 e. The summed E-state index contributed by atoms with van der Waals surface area (Å²) in [6, 6.07) is 15.9. The number of ether oxygens (including phenoxy) is 1. The minimum atomic E-state index is 0.338. The van der Waals surface area contributed by atoms with Crippen LogP contribution in [-0.4, -0.2) is 55.8 Å². The van der Waals surface area contributed by atoms with Crippen molar-refractivity contribution in [2.45, 2.75) is 26.5 Å². The maximum absolute atomic E-state index is 10.1. The number of rotatable bonds is 7. The minimum absolute atomic E-state index is 0.338. The van der Waals surface area contributed by atoms with Crippen LogP contribution in [0.4, 0.5) is 5.69 Å². The van der Waals surface area contributed by atoms with E-state index in [9.17, 15) is 5.11 Å². The predicted molar refractivity (Wildman–Crippen MR) is 118 cm³/mol. The molecule has 6 nitrogen and oxygen atoms in total. The fourth-order valence-electron chi connectivity index (χ4n) is 3.59. The highest BCUT2D eigenvalue weighted by Gasteiger charge is 2.21. The van der Waals surface area contributed by atoms with Gasteiger partial charge in [0, 0.05) is 46.4 Å². The van der Waals surface area contributed by atoms with Crippen LogP contribution in [0.5, 0.6) is 5.75 Å². The van der Waals surface area contributed by atoms with Crippen LogP contribution in [0.15, 0.2) is 53.5 Å². The molecule has 1 heterocycles. The molecule has 0 spiro atoms. The molecule has 2 N–H and O–H groups in total. The molecular formula is C23H32N4O2. The average Bonchev–Trinajstić information content (AvgIpc) is 2.76. The van der Waals surface area contributed by atoms with Gasteiger partial charge in [-0.15, -0.1) is 0 Å². The number of hydrogen-bond acceptors (Lipinski definition) is 4. The van der Waals surface area contributed by atoms with Gasteiger partial charge in [0.2, 0.25) is 0 Å². The highest BCUT2D eigenvalue weighted by Crippen LogP contribution is 2.27. The molecule has 3 rings (SSSR count). The van der Waals surface area contributed by atoms with Gasteiger partial charge in [-0.2, -0.15) is 0 Å². The Balaban J connectivity index is 1.55. The minimum Gasteiger partial charge on any atom is -0.506 e. The monoisotopic (exact) mass is 396 g/mol. The quantitative estimate of drug-likeness (QED) is 0.428. The van der Waals surface area contributed by atoms with Gasteiger partial charge in [-0.1, -0.05) is 43.3 Å². The number of hydrogen-bond donors (Lipinski definition) is 2. The van der Waals surface area contributed by atoms with Gasteiger partial charge in [-0.05, 0) is 29.7 Å². The number of phenols is 1. The van der Waals surface area contributed by atoms with Gasteiger partial charge in [0.05, 0.1) is 12.3 Å². The Morgan fingerprint density at radius 3 is 2.41 bits per heavy atom. The second-order valence-corrected chi connectivity index (χ2v) is 7.18. The van der Waals surface area contributed by atoms with Crippen LogP contribution in [-0.2, 0) is 17.9 Å². The molecule has 156 valence electrons. The molecule has 2 aromatic rings. The molecule has 0 aromatic heterocycles. The summed E-state index contributed by atoms with van der Waals surface area (Å²) in [5.41, 5.74) is 3.35. The Bertz CT molecular complexity index is 801. The summed E-state index contributed by atoms with van der Waals surface area (Å²) < 4.78 is 5.73. The van der Waals surface area contributed by atoms with E-state index in [2.05, 4.69) is 51.3 Å². The largest absolute Gasteiger partial charge is 0.506 e. The number of guanidine groups is 1. The van der Waals surface area contributed by atoms with E-state index < -0.39 is 0 Å². The van der Waals surface area contributed by atoms with Crippen molar-refractivity contribution in [1.29, 1.82) is 0 Å². The van der Waals surface area contributed by atoms with Gasteiger partial charge < -0.3 is 25.0 Å². The van der Waals surface area contributed by atoms with Crippen LogP contribution in [0.3, 0.4) is 0 Å². The summed E-state index contributed by atoms with van der Waals surface area (Å²) in [7, 11) is 1.83. The third-order valence-corrected chi connectivity index (χ3v) is 5.17. The van der Waals surface area contributed by atoms with Crippen molar-refractivity contribution in [1.82, 2.24) is 10.2 Å². The molecule has 0 saturated carbocycles. The van der Waals surface area contributed by atoms with Crippen molar-refractivity contribution >= 4 is 11.6 Å². The first-order valence-corrected chi connectivity index (χ1v) is 10.4. The van der Waals surface area contributed by atoms with E-state index >= 15 is 0 Å². The van der Waals surface area contributed by atoms with Crippen LogP contribution >= 0.6 is 0 Å². The van der Waals surface area contributed by atoms with Gasteiger partial charge >= 0.3 is 0 Å². The predicted octanol–water partition coefficient (Wildman–Crippen LogP) is 3.22. The number of nitrogens with one attached hydrogen (secondary N) is 1. The molecule has 0 radical (unpaired) electrons. The van der Waals surface area contributed by atoms with Crippen molar-refractivity contribution in [3.05, 3.63) is 59.7 Å². The zero-order valence-corrected chi connectivity index (χ0v) is 17.5. The zero-order valence-electron chi connectivity index (χ0n) is 17.5. The summed E-state index contributed by atoms with van der Waals surface area (Å²) in [5, 5.41) is 13.6. The van der Waals surface area contributed by atoms with Gasteiger partial charge in [-0.25, -0.2) is 0 Å². The first-order valence-electron chi connectivity index (χ1n) is 10.4. The Kier molecular flexibility index (Phi) is 7.76. The molecule has 1 fully saturated rings. The number of para-hydroxylation sites is 2. The molecular weight excluding hydrogens is 364 g/mol. The van der Waals surface area contributed by atoms with Crippen LogP contribution in [0.25, 0.3) is 0 Å². The second-order valence-electron chi connectivity index (χ2n) is 7.18. The lowest BCUT2D eigenvalue weighted by Gasteiger charge is -2.37. The van der Waals surface area contributed by atoms with Gasteiger partial charge in [0.1, 0.15) is 5.75 Å². The SMILES string of the molecule is CCCOCc1ccccc1CNC(=NC)N1CCN(c2ccccc2O)CC1. The van der Waals surface area contributed by atoms with Crippen molar-refractivity contribution in [2.75, 3.05) is 44.7 Å². The fourth-order valence-corrected chi connectivity index (χ4v) is 3.59. The topological polar surface area (TPSA) is 60.3 Å². The second kappa shape index (κ2) is 10.7. The van der Waals surface area contributed by atoms with Crippen LogP contribution in [0.2, 0.25) is 0 Å². The van der Waals surface area contributed by atoms with Crippen molar-refractivity contribution in [3.63, 3.8) is 0 Å². The average molecular weight is 397 g/mol. The Morgan fingerprint density at radius 2 is 1.72 bits per heavy atom. The summed E-state index contributed by atoms with van der Waals surface area (Å²) in [6.07, 6.45) is 1.03.